The Morgan fingerprint density at radius 2 is 2.11 bits per heavy atom. The third kappa shape index (κ3) is 4.23. The second-order valence-corrected chi connectivity index (χ2v) is 3.90. The highest BCUT2D eigenvalue weighted by Crippen LogP contribution is 2.00. The number of benzene rings is 1. The van der Waals surface area contributed by atoms with Crippen molar-refractivity contribution in [3.05, 3.63) is 64.1 Å². The zero-order chi connectivity index (χ0) is 13.5. The number of nitrogens with one attached hydrogen (secondary N) is 2. The molecule has 0 radical (unpaired) electrons. The first kappa shape index (κ1) is 12.8. The van der Waals surface area contributed by atoms with Gasteiger partial charge in [-0.1, -0.05) is 36.4 Å². The topological polar surface area (TPSA) is 70.1 Å². The Balaban J connectivity index is 1.93. The van der Waals surface area contributed by atoms with Crippen molar-refractivity contribution in [2.45, 2.75) is 6.92 Å². The molecule has 0 atom stereocenters. The van der Waals surface area contributed by atoms with Crippen LogP contribution in [0.3, 0.4) is 0 Å². The molecule has 1 heterocycles. The van der Waals surface area contributed by atoms with Crippen LogP contribution >= 0.6 is 0 Å². The van der Waals surface area contributed by atoms with E-state index in [4.69, 9.17) is 0 Å². The molecule has 0 unspecified atom stereocenters. The Morgan fingerprint density at radius 1 is 1.32 bits per heavy atom. The minimum atomic E-state index is -0.204. The molecule has 2 rings (SSSR count). The molecule has 0 saturated heterocycles. The number of hydrogen-bond acceptors (Lipinski definition) is 4. The standard InChI is InChI=1S/C14H14N4O/c1-11-10-13(19)17-14(16-11)18-15-9-5-8-12-6-3-2-4-7-12/h2-10H,1H3,(H2,16,17,18,19)/b8-5?,15-9+. The van der Waals surface area contributed by atoms with Crippen LogP contribution in [0, 0.1) is 6.92 Å². The van der Waals surface area contributed by atoms with Gasteiger partial charge >= 0.3 is 0 Å². The van der Waals surface area contributed by atoms with Gasteiger partial charge < -0.3 is 0 Å². The summed E-state index contributed by atoms with van der Waals surface area (Å²) in [4.78, 5) is 17.8. The first-order valence-corrected chi connectivity index (χ1v) is 5.83. The highest BCUT2D eigenvalue weighted by atomic mass is 16.1. The van der Waals surface area contributed by atoms with Gasteiger partial charge in [0.2, 0.25) is 5.95 Å². The van der Waals surface area contributed by atoms with Crippen molar-refractivity contribution in [3.8, 4) is 0 Å². The normalized spacial score (nSPS) is 11.2. The van der Waals surface area contributed by atoms with Gasteiger partial charge in [-0.15, -0.1) is 0 Å². The van der Waals surface area contributed by atoms with Crippen LogP contribution < -0.4 is 11.0 Å². The van der Waals surface area contributed by atoms with Gasteiger partial charge in [-0.2, -0.15) is 5.10 Å². The van der Waals surface area contributed by atoms with E-state index >= 15 is 0 Å². The summed E-state index contributed by atoms with van der Waals surface area (Å²) in [7, 11) is 0. The van der Waals surface area contributed by atoms with Crippen molar-refractivity contribution < 1.29 is 0 Å². The highest BCUT2D eigenvalue weighted by molar-refractivity contribution is 5.78. The molecule has 5 nitrogen and oxygen atoms in total. The summed E-state index contributed by atoms with van der Waals surface area (Å²) in [5.41, 5.74) is 4.19. The van der Waals surface area contributed by atoms with Crippen LogP contribution in [0.15, 0.2) is 52.4 Å². The Morgan fingerprint density at radius 3 is 2.84 bits per heavy atom. The monoisotopic (exact) mass is 254 g/mol. The number of aromatic nitrogens is 2. The SMILES string of the molecule is Cc1cc(=O)[nH]c(N/N=C/C=Cc2ccccc2)n1. The zero-order valence-electron chi connectivity index (χ0n) is 10.5. The molecule has 0 aliphatic carbocycles. The van der Waals surface area contributed by atoms with Crippen molar-refractivity contribution in [2.75, 3.05) is 5.43 Å². The Bertz CT molecular complexity index is 644. The molecule has 0 saturated carbocycles. The number of aryl methyl sites for hydroxylation is 1. The summed E-state index contributed by atoms with van der Waals surface area (Å²) in [6, 6.07) is 11.3. The Kier molecular flexibility index (Phi) is 4.23. The number of nitrogens with zero attached hydrogens (tertiary/aromatic N) is 2. The van der Waals surface area contributed by atoms with Crippen molar-refractivity contribution in [1.29, 1.82) is 0 Å². The van der Waals surface area contributed by atoms with E-state index in [1.54, 1.807) is 19.2 Å². The molecule has 0 fully saturated rings. The average molecular weight is 254 g/mol. The lowest BCUT2D eigenvalue weighted by molar-refractivity contribution is 1.04. The molecule has 0 spiro atoms. The lowest BCUT2D eigenvalue weighted by atomic mass is 10.2. The summed E-state index contributed by atoms with van der Waals surface area (Å²) >= 11 is 0. The van der Waals surface area contributed by atoms with Gasteiger partial charge in [0.05, 0.1) is 0 Å². The van der Waals surface area contributed by atoms with Gasteiger partial charge in [-0.05, 0) is 18.6 Å². The maximum atomic E-state index is 11.2. The van der Waals surface area contributed by atoms with Crippen molar-refractivity contribution >= 4 is 18.2 Å². The number of allylic oxidation sites excluding steroid dienone is 1. The maximum Gasteiger partial charge on any atom is 0.252 e. The molecule has 1 aromatic heterocycles. The van der Waals surface area contributed by atoms with E-state index in [-0.39, 0.29) is 5.56 Å². The molecule has 0 aliphatic rings. The minimum absolute atomic E-state index is 0.204. The van der Waals surface area contributed by atoms with Crippen molar-refractivity contribution in [1.82, 2.24) is 9.97 Å². The van der Waals surface area contributed by atoms with Crippen LogP contribution in [-0.2, 0) is 0 Å². The van der Waals surface area contributed by atoms with Gasteiger partial charge in [-0.25, -0.2) is 10.4 Å². The lowest BCUT2D eigenvalue weighted by Gasteiger charge is -1.98. The number of H-pyrrole nitrogens is 1. The third-order valence-electron chi connectivity index (χ3n) is 2.29. The highest BCUT2D eigenvalue weighted by Gasteiger charge is 1.94. The summed E-state index contributed by atoms with van der Waals surface area (Å²) in [6.07, 6.45) is 5.32. The lowest BCUT2D eigenvalue weighted by Crippen LogP contribution is -2.10. The predicted molar refractivity (Wildman–Crippen MR) is 77.2 cm³/mol. The summed E-state index contributed by atoms with van der Waals surface area (Å²) in [6.45, 7) is 1.75. The van der Waals surface area contributed by atoms with E-state index in [0.29, 0.717) is 11.6 Å². The van der Waals surface area contributed by atoms with Gasteiger partial charge in [0.15, 0.2) is 0 Å². The molecular weight excluding hydrogens is 240 g/mol. The van der Waals surface area contributed by atoms with E-state index in [2.05, 4.69) is 20.5 Å². The quantitative estimate of drug-likeness (QED) is 0.649. The smallest absolute Gasteiger partial charge is 0.252 e. The van der Waals surface area contributed by atoms with E-state index in [9.17, 15) is 4.79 Å². The first-order valence-electron chi connectivity index (χ1n) is 5.83. The van der Waals surface area contributed by atoms with Crippen molar-refractivity contribution in [2.24, 2.45) is 5.10 Å². The van der Waals surface area contributed by atoms with E-state index in [1.807, 2.05) is 36.4 Å². The summed E-state index contributed by atoms with van der Waals surface area (Å²) in [5.74, 6) is 0.328. The largest absolute Gasteiger partial charge is 0.291 e. The van der Waals surface area contributed by atoms with Crippen molar-refractivity contribution in [3.63, 3.8) is 0 Å². The molecule has 96 valence electrons. The summed E-state index contributed by atoms with van der Waals surface area (Å²) in [5, 5.41) is 3.94. The van der Waals surface area contributed by atoms with E-state index in [0.717, 1.165) is 5.56 Å². The third-order valence-corrected chi connectivity index (χ3v) is 2.29. The van der Waals surface area contributed by atoms with Crippen LogP contribution in [-0.4, -0.2) is 16.2 Å². The average Bonchev–Trinajstić information content (AvgIpc) is 2.38. The molecule has 19 heavy (non-hydrogen) atoms. The van der Waals surface area contributed by atoms with Crippen LogP contribution in [0.25, 0.3) is 6.08 Å². The fraction of sp³-hybridized carbons (Fsp3) is 0.0714. The Hall–Kier alpha value is -2.69. The Labute approximate surface area is 110 Å². The number of rotatable bonds is 4. The molecule has 5 heteroatoms. The molecule has 2 N–H and O–H groups in total. The molecule has 0 aliphatic heterocycles. The van der Waals surface area contributed by atoms with Crippen LogP contribution in [0.1, 0.15) is 11.3 Å². The fourth-order valence-corrected chi connectivity index (χ4v) is 1.49. The van der Waals surface area contributed by atoms with E-state index in [1.165, 1.54) is 6.07 Å². The van der Waals surface area contributed by atoms with Gasteiger partial charge in [-0.3, -0.25) is 9.78 Å². The number of aromatic amines is 1. The van der Waals surface area contributed by atoms with Gasteiger partial charge in [0.25, 0.3) is 5.56 Å². The van der Waals surface area contributed by atoms with Crippen LogP contribution in [0.4, 0.5) is 5.95 Å². The second-order valence-electron chi connectivity index (χ2n) is 3.90. The zero-order valence-corrected chi connectivity index (χ0v) is 10.5. The summed E-state index contributed by atoms with van der Waals surface area (Å²) < 4.78 is 0. The van der Waals surface area contributed by atoms with E-state index < -0.39 is 0 Å². The van der Waals surface area contributed by atoms with Crippen LogP contribution in [0.5, 0.6) is 0 Å². The number of hydrazone groups is 1. The molecule has 1 aromatic carbocycles. The predicted octanol–water partition coefficient (Wildman–Crippen LogP) is 2.19. The molecule has 2 aromatic rings. The molecule has 0 amide bonds. The van der Waals surface area contributed by atoms with Crippen LogP contribution in [0.2, 0.25) is 0 Å². The first-order chi connectivity index (χ1) is 9.24. The minimum Gasteiger partial charge on any atom is -0.291 e. The molecular formula is C14H14N4O. The van der Waals surface area contributed by atoms with Gasteiger partial charge in [0, 0.05) is 18.0 Å². The van der Waals surface area contributed by atoms with Gasteiger partial charge in [0.1, 0.15) is 0 Å². The molecule has 0 bridgehead atoms. The number of hydrogen-bond donors (Lipinski definition) is 2. The maximum absolute atomic E-state index is 11.2. The number of anilines is 1. The fourth-order valence-electron chi connectivity index (χ4n) is 1.49. The second kappa shape index (κ2) is 6.30.